The fourth-order valence-electron chi connectivity index (χ4n) is 3.42. The van der Waals surface area contributed by atoms with Crippen LogP contribution in [0, 0.1) is 0 Å². The zero-order chi connectivity index (χ0) is 20.1. The molecule has 1 heterocycles. The summed E-state index contributed by atoms with van der Waals surface area (Å²) in [4.78, 5) is 1.93. The summed E-state index contributed by atoms with van der Waals surface area (Å²) < 4.78 is 79.5. The summed E-state index contributed by atoms with van der Waals surface area (Å²) in [6, 6.07) is 1.44. The molecule has 1 aliphatic rings. The van der Waals surface area contributed by atoms with Crippen LogP contribution < -0.4 is 5.32 Å². The van der Waals surface area contributed by atoms with Gasteiger partial charge in [-0.05, 0) is 37.0 Å². The summed E-state index contributed by atoms with van der Waals surface area (Å²) in [6.07, 6.45) is -5.22. The van der Waals surface area contributed by atoms with Crippen LogP contribution in [0.15, 0.2) is 30.9 Å². The maximum absolute atomic E-state index is 13.6. The van der Waals surface area contributed by atoms with Gasteiger partial charge in [0.25, 0.3) is 0 Å². The molecule has 1 N–H and O–H groups in total. The zero-order valence-corrected chi connectivity index (χ0v) is 16.2. The Morgan fingerprint density at radius 3 is 2.21 bits per heavy atom. The van der Waals surface area contributed by atoms with Crippen molar-refractivity contribution < 1.29 is 26.3 Å². The van der Waals surface area contributed by atoms with E-state index in [0.29, 0.717) is 39.0 Å². The molecule has 1 atom stereocenters. The Morgan fingerprint density at radius 2 is 1.68 bits per heavy atom. The predicted molar refractivity (Wildman–Crippen MR) is 99.5 cm³/mol. The monoisotopic (exact) mass is 430 g/mol. The van der Waals surface area contributed by atoms with Crippen molar-refractivity contribution in [3.63, 3.8) is 0 Å². The number of piperazine rings is 1. The van der Waals surface area contributed by atoms with E-state index in [0.717, 1.165) is 25.0 Å². The van der Waals surface area contributed by atoms with E-state index >= 15 is 0 Å². The minimum absolute atomic E-state index is 0. The van der Waals surface area contributed by atoms with E-state index in [1.807, 2.05) is 4.90 Å². The Labute approximate surface area is 167 Å². The van der Waals surface area contributed by atoms with Crippen molar-refractivity contribution in [2.75, 3.05) is 26.2 Å². The molecule has 0 spiro atoms. The summed E-state index contributed by atoms with van der Waals surface area (Å²) in [5.41, 5.74) is -2.54. The van der Waals surface area contributed by atoms with Gasteiger partial charge in [-0.15, -0.1) is 19.0 Å². The number of benzene rings is 1. The van der Waals surface area contributed by atoms with Crippen LogP contribution in [0.5, 0.6) is 0 Å². The molecule has 1 fully saturated rings. The molecule has 0 unspecified atom stereocenters. The highest BCUT2D eigenvalue weighted by Gasteiger charge is 2.40. The van der Waals surface area contributed by atoms with Gasteiger partial charge in [-0.3, -0.25) is 4.90 Å². The highest BCUT2D eigenvalue weighted by molar-refractivity contribution is 5.85. The van der Waals surface area contributed by atoms with E-state index < -0.39 is 29.5 Å². The average Bonchev–Trinajstić information content (AvgIpc) is 2.61. The van der Waals surface area contributed by atoms with Crippen LogP contribution >= 0.6 is 12.4 Å². The van der Waals surface area contributed by atoms with Crippen LogP contribution in [-0.4, -0.2) is 31.1 Å². The predicted octanol–water partition coefficient (Wildman–Crippen LogP) is 5.84. The number of nitrogens with zero attached hydrogens (tertiary/aromatic N) is 1. The molecule has 160 valence electrons. The number of halogens is 7. The largest absolute Gasteiger partial charge is 0.416 e. The summed E-state index contributed by atoms with van der Waals surface area (Å²) in [7, 11) is 0. The van der Waals surface area contributed by atoms with Crippen LogP contribution in [0.1, 0.15) is 48.4 Å². The van der Waals surface area contributed by atoms with E-state index in [9.17, 15) is 26.3 Å². The van der Waals surface area contributed by atoms with E-state index in [1.165, 1.54) is 0 Å². The Balaban J connectivity index is 0.00000392. The number of allylic oxidation sites excluding steroid dienone is 1. The summed E-state index contributed by atoms with van der Waals surface area (Å²) in [5, 5.41) is 3.15. The molecule has 1 aromatic rings. The second-order valence-corrected chi connectivity index (χ2v) is 6.67. The molecule has 28 heavy (non-hydrogen) atoms. The third kappa shape index (κ3) is 6.67. The maximum Gasteiger partial charge on any atom is 0.416 e. The summed E-state index contributed by atoms with van der Waals surface area (Å²) in [5.74, 6) is 0. The lowest BCUT2D eigenvalue weighted by Gasteiger charge is -2.36. The standard InChI is InChI=1S/C19H24F6N2.ClH/c1-2-3-4-5-6-17(27-11-9-26-10-12-27)15-8-7-14(18(20,21)22)13-16(15)19(23,24)25;/h2,7-8,13,17,26H,1,3-6,9-12H2;1H/t17-;/m1./s1. The smallest absolute Gasteiger partial charge is 0.314 e. The Bertz CT molecular complexity index is 624. The second-order valence-electron chi connectivity index (χ2n) is 6.67. The van der Waals surface area contributed by atoms with Crippen molar-refractivity contribution in [3.8, 4) is 0 Å². The molecule has 2 rings (SSSR count). The first-order valence-corrected chi connectivity index (χ1v) is 8.98. The van der Waals surface area contributed by atoms with Gasteiger partial charge in [0.2, 0.25) is 0 Å². The third-order valence-corrected chi connectivity index (χ3v) is 4.77. The van der Waals surface area contributed by atoms with Gasteiger partial charge in [0.15, 0.2) is 0 Å². The average molecular weight is 431 g/mol. The highest BCUT2D eigenvalue weighted by atomic mass is 35.5. The molecule has 0 aromatic heterocycles. The lowest BCUT2D eigenvalue weighted by Crippen LogP contribution is -2.45. The molecule has 0 amide bonds. The van der Waals surface area contributed by atoms with Crippen LogP contribution in [0.2, 0.25) is 0 Å². The summed E-state index contributed by atoms with van der Waals surface area (Å²) in [6.45, 7) is 6.04. The molecule has 0 bridgehead atoms. The maximum atomic E-state index is 13.6. The molecule has 1 saturated heterocycles. The van der Waals surface area contributed by atoms with Gasteiger partial charge in [0.1, 0.15) is 0 Å². The Hall–Kier alpha value is -1.25. The quantitative estimate of drug-likeness (QED) is 0.332. The highest BCUT2D eigenvalue weighted by Crippen LogP contribution is 2.41. The van der Waals surface area contributed by atoms with Crippen LogP contribution in [-0.2, 0) is 12.4 Å². The Kier molecular flexibility index (Phi) is 9.30. The van der Waals surface area contributed by atoms with Gasteiger partial charge in [-0.25, -0.2) is 0 Å². The molecular weight excluding hydrogens is 406 g/mol. The van der Waals surface area contributed by atoms with Crippen LogP contribution in [0.4, 0.5) is 26.3 Å². The number of nitrogens with one attached hydrogen (secondary N) is 1. The number of alkyl halides is 6. The number of hydrogen-bond acceptors (Lipinski definition) is 2. The van der Waals surface area contributed by atoms with Gasteiger partial charge in [-0.1, -0.05) is 18.6 Å². The molecule has 2 nitrogen and oxygen atoms in total. The summed E-state index contributed by atoms with van der Waals surface area (Å²) >= 11 is 0. The number of rotatable bonds is 7. The van der Waals surface area contributed by atoms with Crippen LogP contribution in [0.3, 0.4) is 0 Å². The lowest BCUT2D eigenvalue weighted by atomic mass is 9.92. The van der Waals surface area contributed by atoms with E-state index in [1.54, 1.807) is 6.08 Å². The fourth-order valence-corrected chi connectivity index (χ4v) is 3.42. The van der Waals surface area contributed by atoms with Gasteiger partial charge in [-0.2, -0.15) is 26.3 Å². The SMILES string of the molecule is C=CCCCC[C@H](c1ccc(C(F)(F)F)cc1C(F)(F)F)N1CCNCC1.Cl. The Morgan fingerprint density at radius 1 is 1.04 bits per heavy atom. The van der Waals surface area contributed by atoms with Crippen molar-refractivity contribution in [1.82, 2.24) is 10.2 Å². The van der Waals surface area contributed by atoms with Crippen molar-refractivity contribution in [2.24, 2.45) is 0 Å². The molecule has 0 aliphatic carbocycles. The number of hydrogen-bond donors (Lipinski definition) is 1. The minimum Gasteiger partial charge on any atom is -0.314 e. The van der Waals surface area contributed by atoms with Crippen molar-refractivity contribution >= 4 is 12.4 Å². The first-order valence-electron chi connectivity index (χ1n) is 8.98. The first kappa shape index (κ1) is 24.8. The topological polar surface area (TPSA) is 15.3 Å². The fraction of sp³-hybridized carbons (Fsp3) is 0.579. The van der Waals surface area contributed by atoms with Gasteiger partial charge in [0, 0.05) is 32.2 Å². The van der Waals surface area contributed by atoms with E-state index in [2.05, 4.69) is 11.9 Å². The molecular formula is C19H25ClF6N2. The molecule has 1 aromatic carbocycles. The normalized spacial score (nSPS) is 17.1. The van der Waals surface area contributed by atoms with Gasteiger partial charge in [0.05, 0.1) is 11.1 Å². The van der Waals surface area contributed by atoms with E-state index in [-0.39, 0.29) is 24.0 Å². The van der Waals surface area contributed by atoms with Crippen LogP contribution in [0.25, 0.3) is 0 Å². The third-order valence-electron chi connectivity index (χ3n) is 4.77. The second kappa shape index (κ2) is 10.5. The van der Waals surface area contributed by atoms with Gasteiger partial charge >= 0.3 is 12.4 Å². The molecule has 0 radical (unpaired) electrons. The lowest BCUT2D eigenvalue weighted by molar-refractivity contribution is -0.143. The van der Waals surface area contributed by atoms with Gasteiger partial charge < -0.3 is 5.32 Å². The number of unbranched alkanes of at least 4 members (excludes halogenated alkanes) is 2. The van der Waals surface area contributed by atoms with Crippen molar-refractivity contribution in [1.29, 1.82) is 0 Å². The first-order chi connectivity index (χ1) is 12.6. The minimum atomic E-state index is -4.84. The van der Waals surface area contributed by atoms with Crippen molar-refractivity contribution in [2.45, 2.75) is 44.1 Å². The van der Waals surface area contributed by atoms with Crippen molar-refractivity contribution in [3.05, 3.63) is 47.5 Å². The van der Waals surface area contributed by atoms with E-state index in [4.69, 9.17) is 0 Å². The molecule has 1 aliphatic heterocycles. The molecule has 0 saturated carbocycles. The zero-order valence-electron chi connectivity index (χ0n) is 15.4. The molecule has 9 heteroatoms.